The Labute approximate surface area is 743 Å². The Kier molecular flexibility index (Phi) is 32.7. The first-order chi connectivity index (χ1) is 58.1. The molecule has 4 N–H and O–H groups in total. The highest BCUT2D eigenvalue weighted by Gasteiger charge is 2.41. The molecule has 0 radical (unpaired) electrons. The third-order valence-corrected chi connectivity index (χ3v) is 26.2. The summed E-state index contributed by atoms with van der Waals surface area (Å²) in [5.74, 6) is -3.80. The van der Waals surface area contributed by atoms with Crippen molar-refractivity contribution in [1.82, 2.24) is 50.3 Å². The van der Waals surface area contributed by atoms with Crippen LogP contribution in [0.2, 0.25) is 20.1 Å². The lowest BCUT2D eigenvalue weighted by Crippen LogP contribution is -2.36. The van der Waals surface area contributed by atoms with Gasteiger partial charge in [-0.05, 0) is 166 Å². The van der Waals surface area contributed by atoms with Crippen LogP contribution in [-0.4, -0.2) is 181 Å². The van der Waals surface area contributed by atoms with Crippen molar-refractivity contribution >= 4 is 234 Å². The molecule has 0 spiro atoms. The van der Waals surface area contributed by atoms with Gasteiger partial charge < -0.3 is 24.2 Å². The number of hydrogen-bond donors (Lipinski definition) is 4. The normalized spacial score (nSPS) is 13.7. The molecule has 6 amide bonds. The van der Waals surface area contributed by atoms with E-state index in [2.05, 4.69) is 67.5 Å². The highest BCUT2D eigenvalue weighted by Crippen LogP contribution is 2.37. The number of fused-ring (bicyclic) bond motifs is 3. The van der Waals surface area contributed by atoms with E-state index in [4.69, 9.17) is 55.9 Å². The average Bonchev–Trinajstić information content (AvgIpc) is 1.62. The van der Waals surface area contributed by atoms with Crippen LogP contribution in [0.1, 0.15) is 158 Å². The number of halogens is 5. The molecule has 6 aromatic carbocycles. The first kappa shape index (κ1) is 91.2. The third kappa shape index (κ3) is 24.2. The van der Waals surface area contributed by atoms with Crippen LogP contribution in [0.4, 0.5) is 21.3 Å². The predicted molar refractivity (Wildman–Crippen MR) is 471 cm³/mol. The lowest BCUT2D eigenvalue weighted by molar-refractivity contribution is -0.402. The SMILES string of the molecule is CCN(CC)C(=O)CSc1nnc(NC(=O)c2ccccc2Br)s1.Cc1cccc2ccc(C3C(=O)c4ccccc4C3=O)nc12.O=C(Nc1nnc(SCC(=O)N2CCCCC2)s1)c1ccc(Cl)c(Cl)c1.O=C(Nc1nnc(SCC(=O)N2CCCCC2)s1)c1ccc(Cl)cc1Cl.O=C(O)c1ccc2c(c1)C(=O)/C(=C\c1ccc([N+](=O)[O-])o1)C2=O. The van der Waals surface area contributed by atoms with Gasteiger partial charge in [-0.3, -0.25) is 79.0 Å². The Morgan fingerprint density at radius 1 is 0.570 bits per heavy atom. The monoisotopic (exact) mass is 1890 g/mol. The number of rotatable bonds is 21. The predicted octanol–water partition coefficient (Wildman–Crippen LogP) is 18.0. The van der Waals surface area contributed by atoms with Gasteiger partial charge in [-0.2, -0.15) is 0 Å². The van der Waals surface area contributed by atoms with Gasteiger partial charge in [-0.15, -0.1) is 30.6 Å². The van der Waals surface area contributed by atoms with Crippen LogP contribution in [0.3, 0.4) is 0 Å². The molecular formula is C81H69BrCl4N14O15S6. The number of carboxylic acids is 1. The fraction of sp³-hybridized carbons (Fsp3) is 0.235. The summed E-state index contributed by atoms with van der Waals surface area (Å²) in [7, 11) is 0. The number of hydrogen-bond acceptors (Lipinski definition) is 27. The van der Waals surface area contributed by atoms with Gasteiger partial charge in [0.05, 0.1) is 71.9 Å². The standard InChI is InChI=1S/C19H13NO2.2C16H16Cl2N4O2S2.C15H17BrN4O2S2.C15H7NO7/c1-11-5-4-6-12-9-10-15(20-17(11)12)16-18(21)13-7-2-3-8-14(13)19(16)22;17-10-4-5-11(12(18)8-10)14(24)19-15-20-21-16(26-15)25-9-13(23)22-6-2-1-3-7-22;17-11-5-4-10(8-12(11)18)14(24)19-15-20-21-16(26-15)25-9-13(23)22-6-2-1-3-7-22;1-3-20(4-2)12(21)9-23-15-19-18-14(24-15)17-13(22)10-7-5-6-8-11(10)16;17-13-9-3-1-7(15(19)20)5-10(9)14(18)11(13)6-8-2-4-12(23-8)16(21)22/h2-10,16H,1H3;2*4-5,8H,1-3,6-7,9H2,(H,19,20,24);5-8H,3-4,9H2,1-2H3,(H,17,18,22);1-6H,(H,19,20)/b;;;;11-6-. The van der Waals surface area contributed by atoms with E-state index in [9.17, 15) is 62.9 Å². The van der Waals surface area contributed by atoms with Crippen LogP contribution in [0.5, 0.6) is 0 Å². The van der Waals surface area contributed by atoms with Crippen molar-refractivity contribution in [3.05, 3.63) is 247 Å². The summed E-state index contributed by atoms with van der Waals surface area (Å²) in [5.41, 5.74) is 4.37. The number of Topliss-reactive ketones (excluding diaryl/α,β-unsaturated/α-hetero) is 4. The van der Waals surface area contributed by atoms with Gasteiger partial charge >= 0.3 is 11.9 Å². The van der Waals surface area contributed by atoms with Crippen molar-refractivity contribution in [2.45, 2.75) is 78.2 Å². The minimum atomic E-state index is -1.22. The number of allylic oxidation sites excluding steroid dienone is 1. The maximum atomic E-state index is 12.6. The Bertz CT molecular complexity index is 5800. The van der Waals surface area contributed by atoms with Crippen LogP contribution in [0.15, 0.2) is 173 Å². The number of benzene rings is 6. The number of anilines is 3. The lowest BCUT2D eigenvalue weighted by atomic mass is 9.98. The summed E-state index contributed by atoms with van der Waals surface area (Å²) in [6.45, 7) is 10.6. The largest absolute Gasteiger partial charge is 0.478 e. The fourth-order valence-corrected chi connectivity index (χ4v) is 18.5. The number of ketones is 4. The molecule has 40 heteroatoms. The van der Waals surface area contributed by atoms with Crippen molar-refractivity contribution in [3.63, 3.8) is 0 Å². The van der Waals surface area contributed by atoms with Crippen molar-refractivity contribution in [3.8, 4) is 0 Å². The molecular weight excluding hydrogens is 1820 g/mol. The summed E-state index contributed by atoms with van der Waals surface area (Å²) in [5, 5.41) is 55.0. The number of carbonyl (C=O) groups is 11. The number of aromatic nitrogens is 7. The van der Waals surface area contributed by atoms with E-state index in [1.807, 2.05) is 60.9 Å². The number of thioether (sulfide) groups is 3. The molecule has 5 aromatic heterocycles. The number of amides is 6. The number of piperidine rings is 2. The van der Waals surface area contributed by atoms with E-state index in [0.29, 0.717) is 112 Å². The molecule has 0 saturated carbocycles. The van der Waals surface area contributed by atoms with E-state index in [-0.39, 0.29) is 80.1 Å². The van der Waals surface area contributed by atoms with E-state index < -0.39 is 34.3 Å². The first-order valence-corrected chi connectivity index (χ1v) is 44.6. The van der Waals surface area contributed by atoms with Crippen LogP contribution >= 0.6 is 132 Å². The maximum Gasteiger partial charge on any atom is 0.433 e. The number of carboxylic acid groups (broad SMARTS) is 1. The lowest BCUT2D eigenvalue weighted by Gasteiger charge is -2.26. The molecule has 0 atom stereocenters. The minimum absolute atomic E-state index is 0.0118. The number of nitrogens with zero attached hydrogens (tertiary/aromatic N) is 11. The number of nitro groups is 1. The second-order valence-corrected chi connectivity index (χ2v) is 35.4. The second-order valence-electron chi connectivity index (χ2n) is 26.3. The topological polar surface area (TPSA) is 400 Å². The molecule has 121 heavy (non-hydrogen) atoms. The molecule has 11 aromatic rings. The number of pyridine rings is 1. The number of furan rings is 1. The van der Waals surface area contributed by atoms with Gasteiger partial charge in [0.15, 0.2) is 36.2 Å². The highest BCUT2D eigenvalue weighted by atomic mass is 79.9. The van der Waals surface area contributed by atoms with Crippen molar-refractivity contribution < 1.29 is 67.2 Å². The van der Waals surface area contributed by atoms with Gasteiger partial charge in [0.2, 0.25) is 33.1 Å². The van der Waals surface area contributed by atoms with E-state index in [1.165, 1.54) is 112 Å². The van der Waals surface area contributed by atoms with Gasteiger partial charge in [0.25, 0.3) is 17.7 Å². The smallest absolute Gasteiger partial charge is 0.433 e. The maximum absolute atomic E-state index is 12.6. The number of carbonyl (C=O) groups excluding carboxylic acids is 10. The molecule has 2 fully saturated rings. The summed E-state index contributed by atoms with van der Waals surface area (Å²) >= 11 is 34.7. The first-order valence-electron chi connectivity index (χ1n) is 36.9. The van der Waals surface area contributed by atoms with Gasteiger partial charge in [0, 0.05) is 82.0 Å². The third-order valence-electron chi connectivity index (χ3n) is 18.4. The summed E-state index contributed by atoms with van der Waals surface area (Å²) < 4.78 is 7.53. The number of aryl methyl sites for hydroxylation is 1. The second kappa shape index (κ2) is 43.3. The minimum Gasteiger partial charge on any atom is -0.478 e. The summed E-state index contributed by atoms with van der Waals surface area (Å²) in [4.78, 5) is 154. The van der Waals surface area contributed by atoms with Gasteiger partial charge in [-0.25, -0.2) is 4.79 Å². The van der Waals surface area contributed by atoms with E-state index >= 15 is 0 Å². The quantitative estimate of drug-likeness (QED) is 0.00987. The zero-order chi connectivity index (χ0) is 86.6. The van der Waals surface area contributed by atoms with Crippen molar-refractivity contribution in [2.24, 2.45) is 0 Å². The molecule has 2 aliphatic heterocycles. The fourth-order valence-electron chi connectivity index (χ4n) is 12.2. The van der Waals surface area contributed by atoms with Crippen molar-refractivity contribution in [1.29, 1.82) is 0 Å². The average molecular weight is 1890 g/mol. The highest BCUT2D eigenvalue weighted by molar-refractivity contribution is 9.10. The van der Waals surface area contributed by atoms with Crippen LogP contribution in [-0.2, 0) is 14.4 Å². The van der Waals surface area contributed by atoms with Crippen LogP contribution in [0.25, 0.3) is 17.0 Å². The summed E-state index contributed by atoms with van der Waals surface area (Å²) in [6, 6.07) is 39.1. The molecule has 29 nitrogen and oxygen atoms in total. The van der Waals surface area contributed by atoms with Crippen LogP contribution in [0, 0.1) is 17.0 Å². The van der Waals surface area contributed by atoms with Crippen molar-refractivity contribution in [2.75, 3.05) is 72.5 Å². The Balaban J connectivity index is 0.000000148. The Morgan fingerprint density at radius 2 is 1.11 bits per heavy atom. The molecule has 0 unspecified atom stereocenters. The molecule has 7 heterocycles. The Morgan fingerprint density at radius 3 is 1.64 bits per heavy atom. The molecule has 624 valence electrons. The number of aromatic carboxylic acids is 1. The van der Waals surface area contributed by atoms with E-state index in [1.54, 1.807) is 77.7 Å². The summed E-state index contributed by atoms with van der Waals surface area (Å²) in [6.07, 6.45) is 7.76. The Hall–Kier alpha value is -10.5. The van der Waals surface area contributed by atoms with Crippen LogP contribution < -0.4 is 16.0 Å². The molecule has 4 aliphatic rings. The van der Waals surface area contributed by atoms with Gasteiger partial charge in [0.1, 0.15) is 16.6 Å². The zero-order valence-corrected chi connectivity index (χ0v) is 73.5. The van der Waals surface area contributed by atoms with E-state index in [0.717, 1.165) is 86.5 Å². The molecule has 0 bridgehead atoms. The molecule has 2 saturated heterocycles. The number of likely N-dealkylation sites (tertiary alicyclic amines) is 2. The molecule has 15 rings (SSSR count). The number of nitrogens with one attached hydrogen (secondary N) is 3. The number of para-hydroxylation sites is 1. The zero-order valence-electron chi connectivity index (χ0n) is 64.0. The molecule has 2 aliphatic carbocycles. The van der Waals surface area contributed by atoms with Gasteiger partial charge in [-0.1, -0.05) is 176 Å².